The van der Waals surface area contributed by atoms with Crippen molar-refractivity contribution in [1.82, 2.24) is 0 Å². The molecule has 1 nitrogen and oxygen atoms in total. The maximum absolute atomic E-state index is 12.8. The summed E-state index contributed by atoms with van der Waals surface area (Å²) in [6.45, 7) is 0. The van der Waals surface area contributed by atoms with E-state index >= 15 is 0 Å². The normalized spacial score (nSPS) is 10.2. The molecule has 0 aliphatic carbocycles. The van der Waals surface area contributed by atoms with Crippen molar-refractivity contribution in [2.75, 3.05) is 0 Å². The van der Waals surface area contributed by atoms with Crippen molar-refractivity contribution in [3.05, 3.63) is 54.3 Å². The van der Waals surface area contributed by atoms with Crippen LogP contribution in [-0.4, -0.2) is 5.11 Å². The predicted molar refractivity (Wildman–Crippen MR) is 58.6 cm³/mol. The topological polar surface area (TPSA) is 20.2 Å². The number of aromatic hydroxyl groups is 1. The van der Waals surface area contributed by atoms with Gasteiger partial charge in [-0.1, -0.05) is 30.0 Å². The van der Waals surface area contributed by atoms with E-state index in [1.165, 1.54) is 23.9 Å². The summed E-state index contributed by atoms with van der Waals surface area (Å²) >= 11 is 1.48. The SMILES string of the molecule is Oc1cc(Sc2ccccc2)ccc1F. The summed E-state index contributed by atoms with van der Waals surface area (Å²) in [5, 5.41) is 9.19. The van der Waals surface area contributed by atoms with Crippen LogP contribution < -0.4 is 0 Å². The molecule has 0 amide bonds. The molecule has 1 N–H and O–H groups in total. The number of hydrogen-bond donors (Lipinski definition) is 1. The van der Waals surface area contributed by atoms with E-state index in [9.17, 15) is 9.50 Å². The number of phenolic OH excluding ortho intramolecular Hbond substituents is 1. The molecule has 0 atom stereocenters. The van der Waals surface area contributed by atoms with Crippen LogP contribution in [0.4, 0.5) is 4.39 Å². The summed E-state index contributed by atoms with van der Waals surface area (Å²) in [6, 6.07) is 14.1. The monoisotopic (exact) mass is 220 g/mol. The molecular formula is C12H9FOS. The molecule has 0 saturated heterocycles. The van der Waals surface area contributed by atoms with E-state index in [1.54, 1.807) is 6.07 Å². The van der Waals surface area contributed by atoms with E-state index in [0.29, 0.717) is 0 Å². The van der Waals surface area contributed by atoms with Gasteiger partial charge in [-0.05, 0) is 30.3 Å². The van der Waals surface area contributed by atoms with E-state index in [2.05, 4.69) is 0 Å². The average Bonchev–Trinajstić information content (AvgIpc) is 2.25. The van der Waals surface area contributed by atoms with Crippen LogP contribution in [0.3, 0.4) is 0 Å². The molecular weight excluding hydrogens is 211 g/mol. The first-order valence-electron chi connectivity index (χ1n) is 4.47. The van der Waals surface area contributed by atoms with E-state index in [-0.39, 0.29) is 5.75 Å². The van der Waals surface area contributed by atoms with Crippen LogP contribution in [0.5, 0.6) is 5.75 Å². The molecule has 2 rings (SSSR count). The van der Waals surface area contributed by atoms with Crippen LogP contribution in [0.1, 0.15) is 0 Å². The Kier molecular flexibility index (Phi) is 2.92. The van der Waals surface area contributed by atoms with Crippen LogP contribution in [0.15, 0.2) is 58.3 Å². The largest absolute Gasteiger partial charge is 0.505 e. The minimum absolute atomic E-state index is 0.309. The van der Waals surface area contributed by atoms with Crippen molar-refractivity contribution < 1.29 is 9.50 Å². The van der Waals surface area contributed by atoms with Crippen LogP contribution in [0.25, 0.3) is 0 Å². The van der Waals surface area contributed by atoms with Crippen molar-refractivity contribution in [1.29, 1.82) is 0 Å². The van der Waals surface area contributed by atoms with Gasteiger partial charge in [-0.15, -0.1) is 0 Å². The number of phenols is 1. The van der Waals surface area contributed by atoms with Crippen molar-refractivity contribution in [2.24, 2.45) is 0 Å². The van der Waals surface area contributed by atoms with E-state index in [4.69, 9.17) is 0 Å². The molecule has 2 aromatic carbocycles. The van der Waals surface area contributed by atoms with Crippen molar-refractivity contribution in [3.63, 3.8) is 0 Å². The second-order valence-electron chi connectivity index (χ2n) is 3.03. The van der Waals surface area contributed by atoms with E-state index < -0.39 is 5.82 Å². The van der Waals surface area contributed by atoms with Crippen molar-refractivity contribution in [2.45, 2.75) is 9.79 Å². The molecule has 0 heterocycles. The molecule has 0 aromatic heterocycles. The summed E-state index contributed by atoms with van der Waals surface area (Å²) in [4.78, 5) is 1.88. The Morgan fingerprint density at radius 3 is 2.33 bits per heavy atom. The zero-order valence-electron chi connectivity index (χ0n) is 7.85. The number of rotatable bonds is 2. The number of hydrogen-bond acceptors (Lipinski definition) is 2. The van der Waals surface area contributed by atoms with Gasteiger partial charge in [-0.3, -0.25) is 0 Å². The standard InChI is InChI=1S/C12H9FOS/c13-11-7-6-10(8-12(11)14)15-9-4-2-1-3-5-9/h1-8,14H. The Balaban J connectivity index is 2.22. The highest BCUT2D eigenvalue weighted by atomic mass is 32.2. The summed E-state index contributed by atoms with van der Waals surface area (Å²) < 4.78 is 12.8. The second kappa shape index (κ2) is 4.36. The van der Waals surface area contributed by atoms with Crippen LogP contribution >= 0.6 is 11.8 Å². The lowest BCUT2D eigenvalue weighted by Gasteiger charge is -2.02. The molecule has 0 spiro atoms. The maximum Gasteiger partial charge on any atom is 0.164 e. The van der Waals surface area contributed by atoms with E-state index in [1.807, 2.05) is 30.3 Å². The van der Waals surface area contributed by atoms with Gasteiger partial charge in [0.15, 0.2) is 11.6 Å². The third kappa shape index (κ3) is 2.50. The molecule has 0 fully saturated rings. The lowest BCUT2D eigenvalue weighted by molar-refractivity contribution is 0.430. The first-order valence-corrected chi connectivity index (χ1v) is 5.29. The summed E-state index contributed by atoms with van der Waals surface area (Å²) in [7, 11) is 0. The maximum atomic E-state index is 12.8. The zero-order chi connectivity index (χ0) is 10.7. The lowest BCUT2D eigenvalue weighted by Crippen LogP contribution is -1.77. The summed E-state index contributed by atoms with van der Waals surface area (Å²) in [6.07, 6.45) is 0. The smallest absolute Gasteiger partial charge is 0.164 e. The fourth-order valence-electron chi connectivity index (χ4n) is 1.18. The van der Waals surface area contributed by atoms with Crippen LogP contribution in [0.2, 0.25) is 0 Å². The van der Waals surface area contributed by atoms with Gasteiger partial charge in [0, 0.05) is 9.79 Å². The zero-order valence-corrected chi connectivity index (χ0v) is 8.67. The average molecular weight is 220 g/mol. The molecule has 3 heteroatoms. The molecule has 0 bridgehead atoms. The third-order valence-electron chi connectivity index (χ3n) is 1.90. The highest BCUT2D eigenvalue weighted by molar-refractivity contribution is 7.99. The molecule has 15 heavy (non-hydrogen) atoms. The first-order chi connectivity index (χ1) is 7.25. The fourth-order valence-corrected chi connectivity index (χ4v) is 2.05. The number of benzene rings is 2. The second-order valence-corrected chi connectivity index (χ2v) is 4.18. The van der Waals surface area contributed by atoms with Gasteiger partial charge in [-0.2, -0.15) is 0 Å². The summed E-state index contributed by atoms with van der Waals surface area (Å²) in [5.41, 5.74) is 0. The molecule has 0 aliphatic heterocycles. The predicted octanol–water partition coefficient (Wildman–Crippen LogP) is 3.68. The fraction of sp³-hybridized carbons (Fsp3) is 0. The van der Waals surface area contributed by atoms with Gasteiger partial charge in [0.05, 0.1) is 0 Å². The quantitative estimate of drug-likeness (QED) is 0.833. The highest BCUT2D eigenvalue weighted by Crippen LogP contribution is 2.30. The van der Waals surface area contributed by atoms with Gasteiger partial charge in [0.1, 0.15) is 0 Å². The van der Waals surface area contributed by atoms with Crippen LogP contribution in [-0.2, 0) is 0 Å². The molecule has 0 aliphatic rings. The van der Waals surface area contributed by atoms with Gasteiger partial charge < -0.3 is 5.11 Å². The van der Waals surface area contributed by atoms with Crippen LogP contribution in [0, 0.1) is 5.82 Å². The van der Waals surface area contributed by atoms with Gasteiger partial charge in [0.2, 0.25) is 0 Å². The summed E-state index contributed by atoms with van der Waals surface area (Å²) in [5.74, 6) is -0.900. The van der Waals surface area contributed by atoms with Gasteiger partial charge >= 0.3 is 0 Å². The van der Waals surface area contributed by atoms with Crippen molar-refractivity contribution in [3.8, 4) is 5.75 Å². The molecule has 76 valence electrons. The lowest BCUT2D eigenvalue weighted by atomic mass is 10.3. The van der Waals surface area contributed by atoms with E-state index in [0.717, 1.165) is 9.79 Å². The Labute approximate surface area is 91.6 Å². The molecule has 2 aromatic rings. The van der Waals surface area contributed by atoms with Gasteiger partial charge in [0.25, 0.3) is 0 Å². The highest BCUT2D eigenvalue weighted by Gasteiger charge is 2.02. The molecule has 0 unspecified atom stereocenters. The molecule has 0 radical (unpaired) electrons. The minimum Gasteiger partial charge on any atom is -0.505 e. The minimum atomic E-state index is -0.590. The third-order valence-corrected chi connectivity index (χ3v) is 2.89. The Hall–Kier alpha value is -1.48. The Bertz CT molecular complexity index is 456. The van der Waals surface area contributed by atoms with Crippen molar-refractivity contribution >= 4 is 11.8 Å². The Morgan fingerprint density at radius 1 is 0.933 bits per heavy atom. The number of halogens is 1. The van der Waals surface area contributed by atoms with Gasteiger partial charge in [-0.25, -0.2) is 4.39 Å². The Morgan fingerprint density at radius 2 is 1.67 bits per heavy atom. The molecule has 0 saturated carbocycles. The first kappa shape index (κ1) is 10.1.